The third kappa shape index (κ3) is 6.05. The van der Waals surface area contributed by atoms with E-state index in [0.717, 1.165) is 5.56 Å². The third-order valence-corrected chi connectivity index (χ3v) is 5.13. The van der Waals surface area contributed by atoms with Crippen LogP contribution in [0.25, 0.3) is 0 Å². The van der Waals surface area contributed by atoms with Crippen LogP contribution < -0.4 is 16.0 Å². The van der Waals surface area contributed by atoms with Crippen molar-refractivity contribution in [3.05, 3.63) is 17.5 Å². The van der Waals surface area contributed by atoms with Gasteiger partial charge >= 0.3 is 0 Å². The molecule has 3 atom stereocenters. The second kappa shape index (κ2) is 9.74. The van der Waals surface area contributed by atoms with Crippen LogP contribution in [0.1, 0.15) is 63.0 Å². The molecule has 0 spiro atoms. The van der Waals surface area contributed by atoms with Crippen LogP contribution in [0.4, 0.5) is 0 Å². The van der Waals surface area contributed by atoms with Gasteiger partial charge in [-0.15, -0.1) is 0 Å². The molecule has 1 aliphatic heterocycles. The number of nitrogens with one attached hydrogen (secondary N) is 3. The normalized spacial score (nSPS) is 18.3. The molecule has 0 aliphatic carbocycles. The molecule has 9 nitrogen and oxygen atoms in total. The highest BCUT2D eigenvalue weighted by molar-refractivity contribution is 5.97. The number of hydrogen-bond donors (Lipinski definition) is 3. The predicted molar refractivity (Wildman–Crippen MR) is 111 cm³/mol. The lowest BCUT2D eigenvalue weighted by Gasteiger charge is -2.27. The van der Waals surface area contributed by atoms with Gasteiger partial charge < -0.3 is 16.0 Å². The van der Waals surface area contributed by atoms with E-state index >= 15 is 0 Å². The lowest BCUT2D eigenvalue weighted by Crippen LogP contribution is -2.51. The molecule has 3 amide bonds. The summed E-state index contributed by atoms with van der Waals surface area (Å²) in [6.45, 7) is 10.7. The van der Waals surface area contributed by atoms with Gasteiger partial charge in [0.2, 0.25) is 11.8 Å². The van der Waals surface area contributed by atoms with Gasteiger partial charge in [0.15, 0.2) is 0 Å². The van der Waals surface area contributed by atoms with Gasteiger partial charge in [-0.25, -0.2) is 0 Å². The molecule has 1 fully saturated rings. The lowest BCUT2D eigenvalue weighted by molar-refractivity contribution is -0.125. The fraction of sp³-hybridized carbons (Fsp3) is 0.667. The standard InChI is InChI=1S/C21H32N6O3/c1-6-27-17(13(2)12-24-27)20(30)26-16(10-21(3,4)5)19(29)25-15(11-22)9-14-7-8-23-18(14)28/h12,14-16H,6-10H2,1-5H3,(H,23,28)(H,25,29)(H,26,30)/t14-,15-,16-/m0/s1. The summed E-state index contributed by atoms with van der Waals surface area (Å²) < 4.78 is 1.59. The van der Waals surface area contributed by atoms with Crippen molar-refractivity contribution in [2.75, 3.05) is 6.54 Å². The van der Waals surface area contributed by atoms with Crippen molar-refractivity contribution >= 4 is 17.7 Å². The zero-order valence-electron chi connectivity index (χ0n) is 18.4. The summed E-state index contributed by atoms with van der Waals surface area (Å²) in [5.74, 6) is -1.18. The fourth-order valence-electron chi connectivity index (χ4n) is 3.63. The fourth-order valence-corrected chi connectivity index (χ4v) is 3.63. The van der Waals surface area contributed by atoms with E-state index < -0.39 is 18.0 Å². The number of carbonyl (C=O) groups excluding carboxylic acids is 3. The average Bonchev–Trinajstić information content (AvgIpc) is 3.24. The van der Waals surface area contributed by atoms with E-state index in [1.54, 1.807) is 17.8 Å². The summed E-state index contributed by atoms with van der Waals surface area (Å²) >= 11 is 0. The number of amides is 3. The minimum absolute atomic E-state index is 0.0904. The van der Waals surface area contributed by atoms with Crippen molar-refractivity contribution in [2.45, 2.75) is 72.5 Å². The number of nitriles is 1. The van der Waals surface area contributed by atoms with E-state index in [2.05, 4.69) is 27.1 Å². The number of nitrogens with zero attached hydrogens (tertiary/aromatic N) is 3. The number of rotatable bonds is 8. The predicted octanol–water partition coefficient (Wildman–Crippen LogP) is 1.28. The molecule has 1 aromatic heterocycles. The van der Waals surface area contributed by atoms with Gasteiger partial charge in [-0.3, -0.25) is 19.1 Å². The molecule has 0 bridgehead atoms. The summed E-state index contributed by atoms with van der Waals surface area (Å²) in [6, 6.07) is 0.456. The van der Waals surface area contributed by atoms with Gasteiger partial charge in [-0.1, -0.05) is 20.8 Å². The minimum atomic E-state index is -0.814. The molecule has 1 aromatic rings. The number of aryl methyl sites for hydroxylation is 2. The van der Waals surface area contributed by atoms with Gasteiger partial charge in [0, 0.05) is 19.0 Å². The van der Waals surface area contributed by atoms with Crippen molar-refractivity contribution in [1.82, 2.24) is 25.7 Å². The van der Waals surface area contributed by atoms with Crippen LogP contribution in [0.5, 0.6) is 0 Å². The quantitative estimate of drug-likeness (QED) is 0.588. The molecule has 164 valence electrons. The minimum Gasteiger partial charge on any atom is -0.356 e. The highest BCUT2D eigenvalue weighted by Crippen LogP contribution is 2.22. The molecular formula is C21H32N6O3. The maximum Gasteiger partial charge on any atom is 0.270 e. The first-order valence-corrected chi connectivity index (χ1v) is 10.4. The van der Waals surface area contributed by atoms with Crippen molar-refractivity contribution in [3.63, 3.8) is 0 Å². The summed E-state index contributed by atoms with van der Waals surface area (Å²) in [5, 5.41) is 21.9. The van der Waals surface area contributed by atoms with Gasteiger partial charge in [-0.05, 0) is 44.1 Å². The van der Waals surface area contributed by atoms with E-state index in [0.29, 0.717) is 31.6 Å². The van der Waals surface area contributed by atoms with Crippen molar-refractivity contribution in [2.24, 2.45) is 11.3 Å². The van der Waals surface area contributed by atoms with E-state index in [4.69, 9.17) is 0 Å². The van der Waals surface area contributed by atoms with Crippen LogP contribution >= 0.6 is 0 Å². The Balaban J connectivity index is 2.13. The second-order valence-corrected chi connectivity index (χ2v) is 8.99. The molecule has 0 saturated carbocycles. The van der Waals surface area contributed by atoms with Crippen LogP contribution in [-0.2, 0) is 16.1 Å². The first-order valence-electron chi connectivity index (χ1n) is 10.4. The molecule has 1 saturated heterocycles. The Labute approximate surface area is 177 Å². The average molecular weight is 417 g/mol. The Kier molecular flexibility index (Phi) is 7.59. The Bertz CT molecular complexity index is 833. The summed E-state index contributed by atoms with van der Waals surface area (Å²) in [6.07, 6.45) is 2.92. The molecule has 9 heteroatoms. The Morgan fingerprint density at radius 1 is 1.40 bits per heavy atom. The largest absolute Gasteiger partial charge is 0.356 e. The molecule has 0 aromatic carbocycles. The molecule has 0 unspecified atom stereocenters. The van der Waals surface area contributed by atoms with Crippen molar-refractivity contribution in [3.8, 4) is 6.07 Å². The van der Waals surface area contributed by atoms with Gasteiger partial charge in [-0.2, -0.15) is 10.4 Å². The first-order chi connectivity index (χ1) is 14.1. The maximum absolute atomic E-state index is 13.0. The van der Waals surface area contributed by atoms with Crippen LogP contribution in [0.15, 0.2) is 6.20 Å². The van der Waals surface area contributed by atoms with Crippen LogP contribution in [0, 0.1) is 29.6 Å². The van der Waals surface area contributed by atoms with E-state index in [-0.39, 0.29) is 29.6 Å². The van der Waals surface area contributed by atoms with E-state index in [9.17, 15) is 19.6 Å². The first kappa shape index (κ1) is 23.4. The topological polar surface area (TPSA) is 129 Å². The summed E-state index contributed by atoms with van der Waals surface area (Å²) in [4.78, 5) is 37.7. The van der Waals surface area contributed by atoms with E-state index in [1.165, 1.54) is 0 Å². The molecular weight excluding hydrogens is 384 g/mol. The zero-order valence-corrected chi connectivity index (χ0v) is 18.4. The highest BCUT2D eigenvalue weighted by Gasteiger charge is 2.32. The smallest absolute Gasteiger partial charge is 0.270 e. The maximum atomic E-state index is 13.0. The SMILES string of the molecule is CCn1ncc(C)c1C(=O)N[C@@H](CC(C)(C)C)C(=O)N[C@H](C#N)C[C@@H]1CCNC1=O. The second-order valence-electron chi connectivity index (χ2n) is 8.99. The molecule has 30 heavy (non-hydrogen) atoms. The number of aromatic nitrogens is 2. The molecule has 3 N–H and O–H groups in total. The third-order valence-electron chi connectivity index (χ3n) is 5.13. The molecule has 1 aliphatic rings. The van der Waals surface area contributed by atoms with Crippen molar-refractivity contribution in [1.29, 1.82) is 5.26 Å². The van der Waals surface area contributed by atoms with Crippen molar-refractivity contribution < 1.29 is 14.4 Å². The lowest BCUT2D eigenvalue weighted by atomic mass is 9.87. The Hall–Kier alpha value is -2.89. The molecule has 0 radical (unpaired) electrons. The van der Waals surface area contributed by atoms with Crippen LogP contribution in [-0.4, -0.2) is 46.1 Å². The number of carbonyl (C=O) groups is 3. The van der Waals surface area contributed by atoms with Gasteiger partial charge in [0.05, 0.1) is 12.3 Å². The monoisotopic (exact) mass is 416 g/mol. The summed E-state index contributed by atoms with van der Waals surface area (Å²) in [7, 11) is 0. The Morgan fingerprint density at radius 3 is 2.63 bits per heavy atom. The Morgan fingerprint density at radius 2 is 2.10 bits per heavy atom. The zero-order chi connectivity index (χ0) is 22.5. The molecule has 2 rings (SSSR count). The highest BCUT2D eigenvalue weighted by atomic mass is 16.2. The summed E-state index contributed by atoms with van der Waals surface area (Å²) in [5.41, 5.74) is 0.915. The van der Waals surface area contributed by atoms with E-state index in [1.807, 2.05) is 27.7 Å². The van der Waals surface area contributed by atoms with Crippen LogP contribution in [0.2, 0.25) is 0 Å². The van der Waals surface area contributed by atoms with Crippen LogP contribution in [0.3, 0.4) is 0 Å². The molecule has 2 heterocycles. The van der Waals surface area contributed by atoms with Gasteiger partial charge in [0.25, 0.3) is 5.91 Å². The van der Waals surface area contributed by atoms with Gasteiger partial charge in [0.1, 0.15) is 17.8 Å². The number of hydrogen-bond acceptors (Lipinski definition) is 5.